The van der Waals surface area contributed by atoms with Crippen molar-refractivity contribution in [3.05, 3.63) is 64.7 Å². The summed E-state index contributed by atoms with van der Waals surface area (Å²) in [7, 11) is -0.221. The summed E-state index contributed by atoms with van der Waals surface area (Å²) in [6.45, 7) is 0. The summed E-state index contributed by atoms with van der Waals surface area (Å²) in [6.07, 6.45) is 1.21. The summed E-state index contributed by atoms with van der Waals surface area (Å²) in [5.74, 6) is -0.222. The molecule has 7 heteroatoms. The fourth-order valence-electron chi connectivity index (χ4n) is 2.33. The molecule has 134 valence electrons. The molecule has 0 bridgehead atoms. The van der Waals surface area contributed by atoms with E-state index in [1.165, 1.54) is 23.1 Å². The maximum atomic E-state index is 12.2. The van der Waals surface area contributed by atoms with Crippen LogP contribution < -0.4 is 4.72 Å². The lowest BCUT2D eigenvalue weighted by Gasteiger charge is -2.13. The molecule has 2 rings (SSSR count). The highest BCUT2D eigenvalue weighted by Crippen LogP contribution is 2.23. The molecular formula is C18H21ClN2O3S. The Hall–Kier alpha value is -2.05. The van der Waals surface area contributed by atoms with Crippen LogP contribution in [0.2, 0.25) is 5.02 Å². The Kier molecular flexibility index (Phi) is 6.45. The Balaban J connectivity index is 1.98. The predicted octanol–water partition coefficient (Wildman–Crippen LogP) is 3.42. The molecule has 0 atom stereocenters. The van der Waals surface area contributed by atoms with Gasteiger partial charge in [0.25, 0.3) is 5.91 Å². The van der Waals surface area contributed by atoms with Gasteiger partial charge < -0.3 is 4.90 Å². The van der Waals surface area contributed by atoms with Gasteiger partial charge in [0.2, 0.25) is 10.0 Å². The van der Waals surface area contributed by atoms with Gasteiger partial charge in [0, 0.05) is 19.8 Å². The highest BCUT2D eigenvalue weighted by molar-refractivity contribution is 7.92. The van der Waals surface area contributed by atoms with Crippen molar-refractivity contribution in [1.29, 1.82) is 0 Å². The monoisotopic (exact) mass is 380 g/mol. The van der Waals surface area contributed by atoms with Crippen molar-refractivity contribution in [3.63, 3.8) is 0 Å². The second kappa shape index (κ2) is 8.36. The van der Waals surface area contributed by atoms with Gasteiger partial charge in [-0.25, -0.2) is 8.42 Å². The van der Waals surface area contributed by atoms with Crippen molar-refractivity contribution >= 4 is 33.2 Å². The predicted molar refractivity (Wildman–Crippen MR) is 102 cm³/mol. The summed E-state index contributed by atoms with van der Waals surface area (Å²) in [5, 5.41) is 0.211. The van der Waals surface area contributed by atoms with E-state index < -0.39 is 10.0 Å². The van der Waals surface area contributed by atoms with E-state index >= 15 is 0 Å². The number of nitrogens with one attached hydrogen (secondary N) is 1. The van der Waals surface area contributed by atoms with E-state index in [-0.39, 0.29) is 16.7 Å². The number of hydrogen-bond acceptors (Lipinski definition) is 3. The highest BCUT2D eigenvalue weighted by Gasteiger charge is 2.15. The van der Waals surface area contributed by atoms with Crippen LogP contribution in [0.25, 0.3) is 0 Å². The Labute approximate surface area is 153 Å². The van der Waals surface area contributed by atoms with E-state index in [0.29, 0.717) is 24.1 Å². The number of carbonyl (C=O) groups is 1. The summed E-state index contributed by atoms with van der Waals surface area (Å²) >= 11 is 6.10. The van der Waals surface area contributed by atoms with E-state index in [1.54, 1.807) is 14.1 Å². The van der Waals surface area contributed by atoms with E-state index in [9.17, 15) is 13.2 Å². The molecule has 5 nitrogen and oxygen atoms in total. The molecule has 0 aliphatic rings. The molecule has 0 spiro atoms. The molecule has 25 heavy (non-hydrogen) atoms. The third kappa shape index (κ3) is 5.76. The molecule has 1 N–H and O–H groups in total. The van der Waals surface area contributed by atoms with Gasteiger partial charge >= 0.3 is 0 Å². The van der Waals surface area contributed by atoms with Crippen LogP contribution in [0.15, 0.2) is 48.5 Å². The average Bonchev–Trinajstić information content (AvgIpc) is 2.54. The van der Waals surface area contributed by atoms with E-state index in [2.05, 4.69) is 4.72 Å². The molecular weight excluding hydrogens is 360 g/mol. The third-order valence-corrected chi connectivity index (χ3v) is 5.29. The third-order valence-electron chi connectivity index (χ3n) is 3.60. The van der Waals surface area contributed by atoms with Crippen molar-refractivity contribution in [1.82, 2.24) is 4.90 Å². The molecule has 0 saturated carbocycles. The van der Waals surface area contributed by atoms with E-state index in [4.69, 9.17) is 11.6 Å². The molecule has 0 saturated heterocycles. The molecule has 2 aromatic carbocycles. The summed E-state index contributed by atoms with van der Waals surface area (Å²) in [4.78, 5) is 13.4. The number of rotatable bonds is 7. The van der Waals surface area contributed by atoms with Crippen LogP contribution in [-0.4, -0.2) is 39.1 Å². The minimum Gasteiger partial charge on any atom is -0.345 e. The lowest BCUT2D eigenvalue weighted by Crippen LogP contribution is -2.22. The maximum absolute atomic E-state index is 12.2. The summed E-state index contributed by atoms with van der Waals surface area (Å²) in [5.41, 5.74) is 1.78. The molecule has 0 aromatic heterocycles. The van der Waals surface area contributed by atoms with Crippen LogP contribution in [-0.2, 0) is 16.4 Å². The molecule has 0 radical (unpaired) electrons. The topological polar surface area (TPSA) is 66.5 Å². The normalized spacial score (nSPS) is 11.2. The lowest BCUT2D eigenvalue weighted by molar-refractivity contribution is 0.0828. The zero-order chi connectivity index (χ0) is 18.4. The van der Waals surface area contributed by atoms with E-state index in [1.807, 2.05) is 30.3 Å². The van der Waals surface area contributed by atoms with Crippen LogP contribution in [0.1, 0.15) is 22.3 Å². The average molecular weight is 381 g/mol. The number of amides is 1. The van der Waals surface area contributed by atoms with Gasteiger partial charge in [-0.3, -0.25) is 9.52 Å². The first-order valence-corrected chi connectivity index (χ1v) is 9.87. The maximum Gasteiger partial charge on any atom is 0.254 e. The first kappa shape index (κ1) is 19.3. The van der Waals surface area contributed by atoms with Crippen LogP contribution in [0.5, 0.6) is 0 Å². The van der Waals surface area contributed by atoms with Gasteiger partial charge in [-0.1, -0.05) is 41.9 Å². The Morgan fingerprint density at radius 1 is 1.12 bits per heavy atom. The van der Waals surface area contributed by atoms with Crippen molar-refractivity contribution < 1.29 is 13.2 Å². The van der Waals surface area contributed by atoms with Crippen LogP contribution >= 0.6 is 11.6 Å². The minimum absolute atomic E-state index is 0.0118. The number of nitrogens with zero attached hydrogens (tertiary/aromatic N) is 1. The molecule has 0 aliphatic carbocycles. The second-order valence-electron chi connectivity index (χ2n) is 5.90. The largest absolute Gasteiger partial charge is 0.345 e. The molecule has 0 aliphatic heterocycles. The molecule has 1 amide bonds. The number of carbonyl (C=O) groups excluding carboxylic acids is 1. The molecule has 0 unspecified atom stereocenters. The number of hydrogen-bond donors (Lipinski definition) is 1. The fraction of sp³-hybridized carbons (Fsp3) is 0.278. The minimum atomic E-state index is -3.47. The number of aryl methyl sites for hydroxylation is 1. The van der Waals surface area contributed by atoms with Crippen molar-refractivity contribution in [3.8, 4) is 0 Å². The Morgan fingerprint density at radius 3 is 2.40 bits per heavy atom. The van der Waals surface area contributed by atoms with Gasteiger partial charge in [-0.15, -0.1) is 0 Å². The zero-order valence-corrected chi connectivity index (χ0v) is 15.8. The van der Waals surface area contributed by atoms with E-state index in [0.717, 1.165) is 5.56 Å². The SMILES string of the molecule is CN(C)C(=O)c1ccc(NS(=O)(=O)CCCc2ccccc2)cc1Cl. The number of halogens is 1. The van der Waals surface area contributed by atoms with Crippen LogP contribution in [0, 0.1) is 0 Å². The van der Waals surface area contributed by atoms with Crippen molar-refractivity contribution in [2.75, 3.05) is 24.6 Å². The second-order valence-corrected chi connectivity index (χ2v) is 8.15. The van der Waals surface area contributed by atoms with Crippen LogP contribution in [0.3, 0.4) is 0 Å². The number of benzene rings is 2. The quantitative estimate of drug-likeness (QED) is 0.800. The van der Waals surface area contributed by atoms with Gasteiger partial charge in [0.15, 0.2) is 0 Å². The summed E-state index contributed by atoms with van der Waals surface area (Å²) in [6, 6.07) is 14.2. The standard InChI is InChI=1S/C18H21ClN2O3S/c1-21(2)18(22)16-11-10-15(13-17(16)19)20-25(23,24)12-6-9-14-7-4-3-5-8-14/h3-5,7-8,10-11,13,20H,6,9,12H2,1-2H3. The molecule has 2 aromatic rings. The van der Waals surface area contributed by atoms with Gasteiger partial charge in [-0.05, 0) is 36.6 Å². The van der Waals surface area contributed by atoms with Crippen LogP contribution in [0.4, 0.5) is 5.69 Å². The number of anilines is 1. The van der Waals surface area contributed by atoms with Gasteiger partial charge in [0.05, 0.1) is 16.3 Å². The Bertz CT molecular complexity index is 837. The molecule has 0 fully saturated rings. The van der Waals surface area contributed by atoms with Crippen molar-refractivity contribution in [2.24, 2.45) is 0 Å². The zero-order valence-electron chi connectivity index (χ0n) is 14.2. The smallest absolute Gasteiger partial charge is 0.254 e. The first-order chi connectivity index (χ1) is 11.8. The molecule has 0 heterocycles. The highest BCUT2D eigenvalue weighted by atomic mass is 35.5. The number of sulfonamides is 1. The summed E-state index contributed by atoms with van der Waals surface area (Å²) < 4.78 is 26.9. The van der Waals surface area contributed by atoms with Gasteiger partial charge in [-0.2, -0.15) is 0 Å². The Morgan fingerprint density at radius 2 is 1.80 bits per heavy atom. The lowest BCUT2D eigenvalue weighted by atomic mass is 10.1. The van der Waals surface area contributed by atoms with Gasteiger partial charge in [0.1, 0.15) is 0 Å². The fourth-order valence-corrected chi connectivity index (χ4v) is 3.71. The first-order valence-electron chi connectivity index (χ1n) is 7.84. The van der Waals surface area contributed by atoms with Crippen molar-refractivity contribution in [2.45, 2.75) is 12.8 Å².